The molecule has 0 bridgehead atoms. The molecule has 1 aliphatic rings. The third-order valence-corrected chi connectivity index (χ3v) is 3.63. The van der Waals surface area contributed by atoms with Gasteiger partial charge in [-0.1, -0.05) is 6.92 Å². The second-order valence-corrected chi connectivity index (χ2v) is 4.78. The minimum absolute atomic E-state index is 0.137. The number of hydrogen-bond acceptors (Lipinski definition) is 3. The first-order valence-corrected chi connectivity index (χ1v) is 6.68. The van der Waals surface area contributed by atoms with Crippen LogP contribution < -0.4 is 10.1 Å². The number of rotatable bonds is 4. The lowest BCUT2D eigenvalue weighted by Gasteiger charge is -2.22. The molecule has 1 atom stereocenters. The van der Waals surface area contributed by atoms with Crippen LogP contribution in [0.5, 0.6) is 5.75 Å². The van der Waals surface area contributed by atoms with E-state index >= 15 is 0 Å². The average molecular weight is 247 g/mol. The summed E-state index contributed by atoms with van der Waals surface area (Å²) in [7, 11) is 1.65. The first-order chi connectivity index (χ1) is 8.76. The van der Waals surface area contributed by atoms with E-state index < -0.39 is 0 Å². The molecular weight excluding hydrogens is 226 g/mol. The van der Waals surface area contributed by atoms with Gasteiger partial charge in [0.15, 0.2) is 5.78 Å². The quantitative estimate of drug-likeness (QED) is 0.830. The summed E-state index contributed by atoms with van der Waals surface area (Å²) in [6, 6.07) is 5.76. The maximum atomic E-state index is 12.5. The van der Waals surface area contributed by atoms with Crippen molar-refractivity contribution in [3.63, 3.8) is 0 Å². The Balaban J connectivity index is 2.23. The third kappa shape index (κ3) is 2.72. The third-order valence-electron chi connectivity index (χ3n) is 3.63. The normalized spacial score (nSPS) is 19.6. The molecule has 98 valence electrons. The van der Waals surface area contributed by atoms with Gasteiger partial charge < -0.3 is 10.1 Å². The number of Topliss-reactive ketones (excluding diaryl/α,β-unsaturated/α-hetero) is 1. The number of carbonyl (C=O) groups excluding carboxylic acids is 1. The van der Waals surface area contributed by atoms with Crippen LogP contribution in [0.3, 0.4) is 0 Å². The Morgan fingerprint density at radius 3 is 2.94 bits per heavy atom. The summed E-state index contributed by atoms with van der Waals surface area (Å²) < 4.78 is 5.21. The van der Waals surface area contributed by atoms with E-state index in [0.717, 1.165) is 49.2 Å². The first-order valence-electron chi connectivity index (χ1n) is 6.68. The van der Waals surface area contributed by atoms with Crippen LogP contribution >= 0.6 is 0 Å². The molecule has 0 saturated carbocycles. The summed E-state index contributed by atoms with van der Waals surface area (Å²) in [6.07, 6.45) is 2.95. The second kappa shape index (κ2) is 6.01. The molecule has 2 rings (SSSR count). The maximum Gasteiger partial charge on any atom is 0.167 e. The van der Waals surface area contributed by atoms with Gasteiger partial charge in [-0.2, -0.15) is 0 Å². The zero-order valence-electron chi connectivity index (χ0n) is 11.2. The molecule has 0 aromatic heterocycles. The molecule has 1 aliphatic heterocycles. The molecule has 1 saturated heterocycles. The molecule has 1 aromatic carbocycles. The molecule has 0 radical (unpaired) electrons. The van der Waals surface area contributed by atoms with E-state index in [9.17, 15) is 4.79 Å². The fourth-order valence-corrected chi connectivity index (χ4v) is 2.53. The second-order valence-electron chi connectivity index (χ2n) is 4.78. The summed E-state index contributed by atoms with van der Waals surface area (Å²) in [5, 5.41) is 3.30. The number of carbonyl (C=O) groups is 1. The van der Waals surface area contributed by atoms with E-state index in [-0.39, 0.29) is 11.7 Å². The highest BCUT2D eigenvalue weighted by molar-refractivity contribution is 5.99. The van der Waals surface area contributed by atoms with Gasteiger partial charge in [-0.05, 0) is 49.6 Å². The molecular formula is C15H21NO2. The van der Waals surface area contributed by atoms with Crippen LogP contribution in [0.25, 0.3) is 0 Å². The smallest absolute Gasteiger partial charge is 0.167 e. The van der Waals surface area contributed by atoms with Crippen LogP contribution in [0.4, 0.5) is 0 Å². The van der Waals surface area contributed by atoms with Crippen molar-refractivity contribution in [1.82, 2.24) is 5.32 Å². The molecule has 1 N–H and O–H groups in total. The summed E-state index contributed by atoms with van der Waals surface area (Å²) in [4.78, 5) is 12.5. The molecule has 0 spiro atoms. The molecule has 1 heterocycles. The predicted molar refractivity (Wildman–Crippen MR) is 72.3 cm³/mol. The van der Waals surface area contributed by atoms with Crippen molar-refractivity contribution in [2.45, 2.75) is 26.2 Å². The zero-order valence-corrected chi connectivity index (χ0v) is 11.2. The Labute approximate surface area is 109 Å². The van der Waals surface area contributed by atoms with E-state index in [1.807, 2.05) is 18.2 Å². The summed E-state index contributed by atoms with van der Waals surface area (Å²) in [6.45, 7) is 3.92. The van der Waals surface area contributed by atoms with E-state index in [0.29, 0.717) is 0 Å². The van der Waals surface area contributed by atoms with E-state index in [2.05, 4.69) is 12.2 Å². The van der Waals surface area contributed by atoms with Gasteiger partial charge in [-0.15, -0.1) is 0 Å². The Bertz CT molecular complexity index is 423. The highest BCUT2D eigenvalue weighted by atomic mass is 16.5. The number of ketones is 1. The Morgan fingerprint density at radius 2 is 2.33 bits per heavy atom. The van der Waals surface area contributed by atoms with Crippen molar-refractivity contribution in [2.75, 3.05) is 20.2 Å². The Hall–Kier alpha value is -1.35. The van der Waals surface area contributed by atoms with Gasteiger partial charge in [0.1, 0.15) is 5.75 Å². The predicted octanol–water partition coefficient (Wildman–Crippen LogP) is 2.44. The van der Waals surface area contributed by atoms with Gasteiger partial charge in [0.25, 0.3) is 0 Å². The number of ether oxygens (including phenoxy) is 1. The first kappa shape index (κ1) is 13.1. The van der Waals surface area contributed by atoms with E-state index in [4.69, 9.17) is 4.74 Å². The minimum Gasteiger partial charge on any atom is -0.497 e. The van der Waals surface area contributed by atoms with Gasteiger partial charge in [0.05, 0.1) is 7.11 Å². The molecule has 1 aromatic rings. The van der Waals surface area contributed by atoms with Crippen molar-refractivity contribution >= 4 is 5.78 Å². The maximum absolute atomic E-state index is 12.5. The van der Waals surface area contributed by atoms with Crippen LogP contribution in [0.1, 0.15) is 35.7 Å². The lowest BCUT2D eigenvalue weighted by Crippen LogP contribution is -2.34. The molecule has 0 amide bonds. The fraction of sp³-hybridized carbons (Fsp3) is 0.533. The van der Waals surface area contributed by atoms with E-state index in [1.165, 1.54) is 0 Å². The van der Waals surface area contributed by atoms with Crippen LogP contribution in [-0.2, 0) is 6.42 Å². The van der Waals surface area contributed by atoms with Gasteiger partial charge in [0, 0.05) is 18.0 Å². The monoisotopic (exact) mass is 247 g/mol. The largest absolute Gasteiger partial charge is 0.497 e. The molecule has 3 heteroatoms. The lowest BCUT2D eigenvalue weighted by molar-refractivity contribution is 0.0898. The van der Waals surface area contributed by atoms with Crippen LogP contribution in [-0.4, -0.2) is 26.0 Å². The molecule has 1 fully saturated rings. The van der Waals surface area contributed by atoms with Crippen LogP contribution in [0.15, 0.2) is 18.2 Å². The van der Waals surface area contributed by atoms with Gasteiger partial charge in [-0.25, -0.2) is 0 Å². The van der Waals surface area contributed by atoms with E-state index in [1.54, 1.807) is 7.11 Å². The average Bonchev–Trinajstić information content (AvgIpc) is 2.46. The van der Waals surface area contributed by atoms with Crippen molar-refractivity contribution < 1.29 is 9.53 Å². The standard InChI is InChI=1S/C15H21NO2/c1-3-11-9-13(18-2)6-7-14(11)15(17)12-5-4-8-16-10-12/h6-7,9,12,16H,3-5,8,10H2,1-2H3. The van der Waals surface area contributed by atoms with Crippen LogP contribution in [0.2, 0.25) is 0 Å². The van der Waals surface area contributed by atoms with Crippen molar-refractivity contribution in [3.05, 3.63) is 29.3 Å². The fourth-order valence-electron chi connectivity index (χ4n) is 2.53. The topological polar surface area (TPSA) is 38.3 Å². The number of nitrogens with one attached hydrogen (secondary N) is 1. The highest BCUT2D eigenvalue weighted by Gasteiger charge is 2.23. The van der Waals surface area contributed by atoms with Crippen LogP contribution in [0, 0.1) is 5.92 Å². The molecule has 1 unspecified atom stereocenters. The zero-order chi connectivity index (χ0) is 13.0. The Morgan fingerprint density at radius 1 is 1.50 bits per heavy atom. The summed E-state index contributed by atoms with van der Waals surface area (Å²) >= 11 is 0. The molecule has 3 nitrogen and oxygen atoms in total. The highest BCUT2D eigenvalue weighted by Crippen LogP contribution is 2.23. The minimum atomic E-state index is 0.137. The van der Waals surface area contributed by atoms with Crippen molar-refractivity contribution in [3.8, 4) is 5.75 Å². The Kier molecular flexibility index (Phi) is 4.37. The molecule has 0 aliphatic carbocycles. The lowest BCUT2D eigenvalue weighted by atomic mass is 9.88. The molecule has 18 heavy (non-hydrogen) atoms. The van der Waals surface area contributed by atoms with Gasteiger partial charge in [-0.3, -0.25) is 4.79 Å². The number of methoxy groups -OCH3 is 1. The number of hydrogen-bond donors (Lipinski definition) is 1. The number of benzene rings is 1. The van der Waals surface area contributed by atoms with Gasteiger partial charge in [0.2, 0.25) is 0 Å². The summed E-state index contributed by atoms with van der Waals surface area (Å²) in [5.74, 6) is 1.24. The SMILES string of the molecule is CCc1cc(OC)ccc1C(=O)C1CCCNC1. The van der Waals surface area contributed by atoms with Crippen molar-refractivity contribution in [2.24, 2.45) is 5.92 Å². The number of piperidine rings is 1. The number of aryl methyl sites for hydroxylation is 1. The van der Waals surface area contributed by atoms with Crippen molar-refractivity contribution in [1.29, 1.82) is 0 Å². The van der Waals surface area contributed by atoms with Gasteiger partial charge >= 0.3 is 0 Å². The summed E-state index contributed by atoms with van der Waals surface area (Å²) in [5.41, 5.74) is 1.96.